The molecule has 0 amide bonds. The number of ether oxygens (including phenoxy) is 1. The van der Waals surface area contributed by atoms with E-state index in [0.29, 0.717) is 11.0 Å². The van der Waals surface area contributed by atoms with Gasteiger partial charge in [-0.25, -0.2) is 4.99 Å². The molecular formula is C6H10N4OS. The van der Waals surface area contributed by atoms with E-state index in [9.17, 15) is 0 Å². The van der Waals surface area contributed by atoms with E-state index in [4.69, 9.17) is 22.7 Å². The van der Waals surface area contributed by atoms with Gasteiger partial charge in [0.25, 0.3) is 0 Å². The van der Waals surface area contributed by atoms with Crippen LogP contribution in [0.5, 0.6) is 0 Å². The van der Waals surface area contributed by atoms with Crippen molar-refractivity contribution in [3.8, 4) is 0 Å². The zero-order chi connectivity index (χ0) is 8.72. The summed E-state index contributed by atoms with van der Waals surface area (Å²) in [5.41, 5.74) is 5.74. The summed E-state index contributed by atoms with van der Waals surface area (Å²) in [5, 5.41) is 6.37. The fourth-order valence-corrected chi connectivity index (χ4v) is 1.61. The third kappa shape index (κ3) is 1.12. The Balaban J connectivity index is 2.16. The fraction of sp³-hybridized carbons (Fsp3) is 0.667. The molecule has 6 heteroatoms. The average Bonchev–Trinajstić information content (AvgIpc) is 2.29. The zero-order valence-electron chi connectivity index (χ0n) is 6.57. The molecule has 1 fully saturated rings. The van der Waals surface area contributed by atoms with Crippen LogP contribution in [0.15, 0.2) is 4.99 Å². The van der Waals surface area contributed by atoms with Crippen molar-refractivity contribution in [3.05, 3.63) is 0 Å². The van der Waals surface area contributed by atoms with Crippen LogP contribution >= 0.6 is 12.2 Å². The molecule has 5 nitrogen and oxygen atoms in total. The molecule has 12 heavy (non-hydrogen) atoms. The van der Waals surface area contributed by atoms with Gasteiger partial charge in [-0.2, -0.15) is 0 Å². The molecule has 0 bridgehead atoms. The number of aliphatic imine (C=N–C) groups is 1. The lowest BCUT2D eigenvalue weighted by Gasteiger charge is -2.31. The lowest BCUT2D eigenvalue weighted by molar-refractivity contribution is 0.136. The molecule has 0 aromatic carbocycles. The largest absolute Gasteiger partial charge is 0.470 e. The minimum Gasteiger partial charge on any atom is -0.470 e. The first kappa shape index (κ1) is 7.75. The quantitative estimate of drug-likeness (QED) is 0.419. The normalized spacial score (nSPS) is 39.0. The Kier molecular flexibility index (Phi) is 1.66. The van der Waals surface area contributed by atoms with Gasteiger partial charge in [0.05, 0.1) is 0 Å². The van der Waals surface area contributed by atoms with Gasteiger partial charge >= 0.3 is 0 Å². The Morgan fingerprint density at radius 1 is 1.58 bits per heavy atom. The van der Waals surface area contributed by atoms with E-state index in [0.717, 1.165) is 0 Å². The van der Waals surface area contributed by atoms with Crippen molar-refractivity contribution >= 4 is 23.2 Å². The smallest absolute Gasteiger partial charge is 0.182 e. The van der Waals surface area contributed by atoms with Crippen LogP contribution in [-0.4, -0.2) is 29.4 Å². The standard InChI is InChI=1S/C6H10N4OS/c1-2-8-5-3(11-2)4(7)9-6(12)10-5/h3-5H,7H2,1H3,(H2,9,10,12). The van der Waals surface area contributed by atoms with Crippen molar-refractivity contribution in [1.82, 2.24) is 10.6 Å². The van der Waals surface area contributed by atoms with Gasteiger partial charge in [0, 0.05) is 6.92 Å². The first-order valence-corrected chi connectivity index (χ1v) is 4.11. The van der Waals surface area contributed by atoms with Crippen LogP contribution < -0.4 is 16.4 Å². The van der Waals surface area contributed by atoms with Gasteiger partial charge in [0.15, 0.2) is 23.3 Å². The maximum Gasteiger partial charge on any atom is 0.182 e. The van der Waals surface area contributed by atoms with E-state index in [1.165, 1.54) is 0 Å². The molecule has 0 aliphatic carbocycles. The monoisotopic (exact) mass is 186 g/mol. The number of hydrogen-bond acceptors (Lipinski definition) is 4. The second-order valence-corrected chi connectivity index (χ2v) is 3.23. The summed E-state index contributed by atoms with van der Waals surface area (Å²) in [6, 6.07) is 0. The van der Waals surface area contributed by atoms with Crippen LogP contribution in [0.3, 0.4) is 0 Å². The van der Waals surface area contributed by atoms with Crippen LogP contribution in [0.1, 0.15) is 6.92 Å². The number of rotatable bonds is 0. The lowest BCUT2D eigenvalue weighted by Crippen LogP contribution is -2.65. The number of hydrogen-bond donors (Lipinski definition) is 3. The van der Waals surface area contributed by atoms with Crippen molar-refractivity contribution in [3.63, 3.8) is 0 Å². The number of thiocarbonyl (C=S) groups is 1. The predicted octanol–water partition coefficient (Wildman–Crippen LogP) is -1.11. The summed E-state index contributed by atoms with van der Waals surface area (Å²) in [6.45, 7) is 1.80. The van der Waals surface area contributed by atoms with E-state index in [1.54, 1.807) is 6.92 Å². The zero-order valence-corrected chi connectivity index (χ0v) is 7.39. The van der Waals surface area contributed by atoms with Crippen molar-refractivity contribution in [2.45, 2.75) is 25.4 Å². The van der Waals surface area contributed by atoms with Crippen molar-refractivity contribution in [2.75, 3.05) is 0 Å². The molecule has 0 aromatic rings. The highest BCUT2D eigenvalue weighted by Gasteiger charge is 2.38. The summed E-state index contributed by atoms with van der Waals surface area (Å²) in [6.07, 6.45) is -0.532. The molecule has 2 heterocycles. The van der Waals surface area contributed by atoms with Crippen LogP contribution in [0.4, 0.5) is 0 Å². The summed E-state index contributed by atoms with van der Waals surface area (Å²) in [7, 11) is 0. The SMILES string of the molecule is CC1=NC2NC(=S)NC(N)C2O1. The topological polar surface area (TPSA) is 71.7 Å². The summed E-state index contributed by atoms with van der Waals surface area (Å²) in [4.78, 5) is 4.19. The molecule has 0 aromatic heterocycles. The van der Waals surface area contributed by atoms with E-state index < -0.39 is 0 Å². The van der Waals surface area contributed by atoms with E-state index in [2.05, 4.69) is 15.6 Å². The molecule has 0 radical (unpaired) electrons. The van der Waals surface area contributed by atoms with Crippen molar-refractivity contribution in [1.29, 1.82) is 0 Å². The third-order valence-corrected chi connectivity index (χ3v) is 2.11. The molecule has 2 aliphatic rings. The minimum atomic E-state index is -0.273. The summed E-state index contributed by atoms with van der Waals surface area (Å²) in [5.74, 6) is 0.652. The summed E-state index contributed by atoms with van der Waals surface area (Å²) >= 11 is 4.92. The Labute approximate surface area is 75.4 Å². The first-order valence-electron chi connectivity index (χ1n) is 3.70. The molecule has 4 N–H and O–H groups in total. The van der Waals surface area contributed by atoms with Gasteiger partial charge in [-0.3, -0.25) is 0 Å². The highest BCUT2D eigenvalue weighted by Crippen LogP contribution is 2.15. The summed E-state index contributed by atoms with van der Waals surface area (Å²) < 4.78 is 5.37. The number of fused-ring (bicyclic) bond motifs is 1. The van der Waals surface area contributed by atoms with Crippen LogP contribution in [0.25, 0.3) is 0 Å². The predicted molar refractivity (Wildman–Crippen MR) is 48.6 cm³/mol. The highest BCUT2D eigenvalue weighted by molar-refractivity contribution is 7.80. The second-order valence-electron chi connectivity index (χ2n) is 2.82. The molecule has 3 atom stereocenters. The van der Waals surface area contributed by atoms with Crippen LogP contribution in [0.2, 0.25) is 0 Å². The molecule has 0 spiro atoms. The lowest BCUT2D eigenvalue weighted by atomic mass is 10.2. The van der Waals surface area contributed by atoms with Gasteiger partial charge in [0.1, 0.15) is 6.17 Å². The average molecular weight is 186 g/mol. The van der Waals surface area contributed by atoms with Gasteiger partial charge in [-0.1, -0.05) is 0 Å². The molecule has 0 saturated carbocycles. The molecule has 2 rings (SSSR count). The molecular weight excluding hydrogens is 176 g/mol. The molecule has 3 unspecified atom stereocenters. The van der Waals surface area contributed by atoms with Crippen LogP contribution in [-0.2, 0) is 4.74 Å². The Morgan fingerprint density at radius 3 is 3.08 bits per heavy atom. The fourth-order valence-electron chi connectivity index (χ4n) is 1.35. The van der Waals surface area contributed by atoms with Crippen molar-refractivity contribution in [2.24, 2.45) is 10.7 Å². The van der Waals surface area contributed by atoms with E-state index >= 15 is 0 Å². The van der Waals surface area contributed by atoms with E-state index in [1.807, 2.05) is 0 Å². The van der Waals surface area contributed by atoms with Gasteiger partial charge in [-0.05, 0) is 12.2 Å². The molecule has 1 saturated heterocycles. The van der Waals surface area contributed by atoms with Gasteiger partial charge < -0.3 is 21.1 Å². The Morgan fingerprint density at radius 2 is 2.33 bits per heavy atom. The Hall–Kier alpha value is -0.880. The highest BCUT2D eigenvalue weighted by atomic mass is 32.1. The number of nitrogens with two attached hydrogens (primary N) is 1. The maximum absolute atomic E-state index is 5.74. The molecule has 2 aliphatic heterocycles. The van der Waals surface area contributed by atoms with Crippen molar-refractivity contribution < 1.29 is 4.74 Å². The molecule has 66 valence electrons. The van der Waals surface area contributed by atoms with Gasteiger partial charge in [0.2, 0.25) is 0 Å². The number of nitrogens with zero attached hydrogens (tertiary/aromatic N) is 1. The number of nitrogens with one attached hydrogen (secondary N) is 2. The maximum atomic E-state index is 5.74. The Bertz CT molecular complexity index is 254. The van der Waals surface area contributed by atoms with Crippen LogP contribution in [0, 0.1) is 0 Å². The van der Waals surface area contributed by atoms with Gasteiger partial charge in [-0.15, -0.1) is 0 Å². The van der Waals surface area contributed by atoms with E-state index in [-0.39, 0.29) is 18.4 Å². The minimum absolute atomic E-state index is 0.117. The first-order chi connectivity index (χ1) is 5.66. The second kappa shape index (κ2) is 2.56. The third-order valence-electron chi connectivity index (χ3n) is 1.87.